The average molecular weight is 681 g/mol. The number of carbonyl (C=O) groups excluding carboxylic acids is 2. The summed E-state index contributed by atoms with van der Waals surface area (Å²) in [6, 6.07) is 9.95. The standard InChI is InChI=1S/C39H39F3N6O2/c1-5-7-8-9-10-14-36(49)43-31-15-26(6-2)21-47(23-31)22-27-16-33-34(35(17-27)39(40,41)42)24-48(38(33)50)32-13-11-12-28(20-32)29-18-30(19-29)37-45-44-25(3)46(37)4/h1-2,11-13,16-17,20,26,29-31H,7-9,15,18-19,21-24H2,3-4H3,(H,43,49). The molecule has 1 N–H and O–H groups in total. The summed E-state index contributed by atoms with van der Waals surface area (Å²) in [6.45, 7) is 2.71. The molecule has 0 spiro atoms. The molecule has 3 aliphatic rings. The quantitative estimate of drug-likeness (QED) is 0.244. The van der Waals surface area contributed by atoms with E-state index in [0.29, 0.717) is 50.0 Å². The summed E-state index contributed by atoms with van der Waals surface area (Å²) in [7, 11) is 1.95. The first kappa shape index (κ1) is 34.8. The van der Waals surface area contributed by atoms with Crippen LogP contribution in [-0.2, 0) is 31.1 Å². The Morgan fingerprint density at radius 2 is 1.86 bits per heavy atom. The van der Waals surface area contributed by atoms with Crippen LogP contribution in [0.1, 0.15) is 94.6 Å². The molecule has 6 rings (SSSR count). The Bertz CT molecular complexity index is 1940. The zero-order valence-electron chi connectivity index (χ0n) is 28.2. The maximum atomic E-state index is 14.5. The lowest BCUT2D eigenvalue weighted by Gasteiger charge is -2.36. The summed E-state index contributed by atoms with van der Waals surface area (Å²) in [5, 5.41) is 11.4. The number of halogens is 3. The number of unbranched alkanes of at least 4 members (excludes halogenated alkanes) is 2. The van der Waals surface area contributed by atoms with Gasteiger partial charge in [-0.15, -0.1) is 34.9 Å². The molecular weight excluding hydrogens is 641 g/mol. The van der Waals surface area contributed by atoms with Crippen molar-refractivity contribution in [1.29, 1.82) is 0 Å². The monoisotopic (exact) mass is 680 g/mol. The van der Waals surface area contributed by atoms with Gasteiger partial charge in [0.05, 0.1) is 12.1 Å². The first-order valence-electron chi connectivity index (χ1n) is 16.9. The molecule has 3 aromatic rings. The number of anilines is 1. The molecule has 0 radical (unpaired) electrons. The SMILES string of the molecule is C#CCCCC#CC(=O)NC1CC(C#C)CN(Cc2cc3c(c(C(F)(F)F)c2)CN(c2cccc(C4CC(c5nnc(C)n5C)C4)c2)C3=O)C1. The minimum atomic E-state index is -4.66. The van der Waals surface area contributed by atoms with Crippen LogP contribution in [0.15, 0.2) is 36.4 Å². The van der Waals surface area contributed by atoms with Crippen molar-refractivity contribution < 1.29 is 22.8 Å². The molecule has 1 aliphatic carbocycles. The van der Waals surface area contributed by atoms with E-state index in [1.807, 2.05) is 41.6 Å². The number of benzene rings is 2. The third-order valence-electron chi connectivity index (χ3n) is 10.0. The van der Waals surface area contributed by atoms with Crippen LogP contribution in [0.25, 0.3) is 0 Å². The Morgan fingerprint density at radius 3 is 2.56 bits per heavy atom. The van der Waals surface area contributed by atoms with Gasteiger partial charge in [-0.25, -0.2) is 0 Å². The third kappa shape index (κ3) is 7.42. The van der Waals surface area contributed by atoms with Gasteiger partial charge >= 0.3 is 6.18 Å². The number of aromatic nitrogens is 3. The Kier molecular flexibility index (Phi) is 10.0. The summed E-state index contributed by atoms with van der Waals surface area (Å²) in [4.78, 5) is 29.6. The lowest BCUT2D eigenvalue weighted by Crippen LogP contribution is -2.50. The number of hydrogen-bond donors (Lipinski definition) is 1. The summed E-state index contributed by atoms with van der Waals surface area (Å²) < 4.78 is 45.6. The van der Waals surface area contributed by atoms with E-state index in [2.05, 4.69) is 39.2 Å². The fourth-order valence-electron chi connectivity index (χ4n) is 7.29. The maximum Gasteiger partial charge on any atom is 0.416 e. The van der Waals surface area contributed by atoms with E-state index in [1.165, 1.54) is 4.90 Å². The van der Waals surface area contributed by atoms with Crippen molar-refractivity contribution in [3.8, 4) is 36.5 Å². The van der Waals surface area contributed by atoms with Gasteiger partial charge in [0.25, 0.3) is 11.8 Å². The van der Waals surface area contributed by atoms with Gasteiger partial charge in [0, 0.05) is 68.7 Å². The number of terminal acetylenes is 2. The van der Waals surface area contributed by atoms with E-state index in [4.69, 9.17) is 12.8 Å². The number of alkyl halides is 3. The van der Waals surface area contributed by atoms with Crippen molar-refractivity contribution in [2.24, 2.45) is 13.0 Å². The van der Waals surface area contributed by atoms with Crippen LogP contribution in [0.5, 0.6) is 0 Å². The minimum absolute atomic E-state index is 0.0240. The van der Waals surface area contributed by atoms with E-state index >= 15 is 0 Å². The third-order valence-corrected chi connectivity index (χ3v) is 10.0. The summed E-state index contributed by atoms with van der Waals surface area (Å²) in [5.74, 6) is 11.9. The summed E-state index contributed by atoms with van der Waals surface area (Å²) in [6.07, 6.45) is 10.4. The van der Waals surface area contributed by atoms with Crippen LogP contribution in [0.3, 0.4) is 0 Å². The van der Waals surface area contributed by atoms with Crippen LogP contribution < -0.4 is 10.2 Å². The molecule has 1 saturated carbocycles. The molecule has 258 valence electrons. The number of nitrogens with zero attached hydrogens (tertiary/aromatic N) is 5. The van der Waals surface area contributed by atoms with Crippen LogP contribution in [0, 0.1) is 49.4 Å². The Morgan fingerprint density at radius 1 is 1.06 bits per heavy atom. The number of hydrogen-bond acceptors (Lipinski definition) is 5. The van der Waals surface area contributed by atoms with Crippen LogP contribution in [-0.4, -0.2) is 50.6 Å². The van der Waals surface area contributed by atoms with E-state index in [-0.39, 0.29) is 48.0 Å². The minimum Gasteiger partial charge on any atom is -0.341 e. The van der Waals surface area contributed by atoms with Crippen molar-refractivity contribution in [2.45, 2.75) is 82.6 Å². The van der Waals surface area contributed by atoms with Gasteiger partial charge in [0.15, 0.2) is 0 Å². The summed E-state index contributed by atoms with van der Waals surface area (Å²) >= 11 is 0. The van der Waals surface area contributed by atoms with Gasteiger partial charge in [0.2, 0.25) is 0 Å². The van der Waals surface area contributed by atoms with Crippen molar-refractivity contribution in [3.63, 3.8) is 0 Å². The molecule has 3 heterocycles. The molecular formula is C39H39F3N6O2. The van der Waals surface area contributed by atoms with E-state index in [1.54, 1.807) is 12.1 Å². The molecule has 2 fully saturated rings. The zero-order valence-corrected chi connectivity index (χ0v) is 28.2. The number of likely N-dealkylation sites (tertiary alicyclic amines) is 1. The number of piperidine rings is 1. The van der Waals surface area contributed by atoms with E-state index in [0.717, 1.165) is 36.1 Å². The number of fused-ring (bicyclic) bond motifs is 1. The number of rotatable bonds is 8. The molecule has 2 aromatic carbocycles. The first-order valence-corrected chi connectivity index (χ1v) is 16.9. The highest BCUT2D eigenvalue weighted by Gasteiger charge is 2.41. The number of carbonyl (C=O) groups is 2. The van der Waals surface area contributed by atoms with Gasteiger partial charge < -0.3 is 14.8 Å². The number of amides is 2. The van der Waals surface area contributed by atoms with E-state index in [9.17, 15) is 22.8 Å². The molecule has 2 unspecified atom stereocenters. The van der Waals surface area contributed by atoms with Crippen molar-refractivity contribution in [3.05, 3.63) is 75.9 Å². The highest BCUT2D eigenvalue weighted by molar-refractivity contribution is 6.10. The predicted octanol–water partition coefficient (Wildman–Crippen LogP) is 5.71. The first-order chi connectivity index (χ1) is 23.9. The lowest BCUT2D eigenvalue weighted by atomic mass is 9.71. The topological polar surface area (TPSA) is 83.4 Å². The van der Waals surface area contributed by atoms with Crippen LogP contribution in [0.4, 0.5) is 18.9 Å². The highest BCUT2D eigenvalue weighted by atomic mass is 19.4. The number of aryl methyl sites for hydroxylation is 1. The van der Waals surface area contributed by atoms with E-state index < -0.39 is 23.6 Å². The number of nitrogens with one attached hydrogen (secondary N) is 1. The molecule has 2 atom stereocenters. The normalized spacial score (nSPS) is 21.7. The summed E-state index contributed by atoms with van der Waals surface area (Å²) in [5.41, 5.74) is 1.19. The zero-order chi connectivity index (χ0) is 35.6. The fourth-order valence-corrected chi connectivity index (χ4v) is 7.29. The second kappa shape index (κ2) is 14.4. The fraction of sp³-hybridized carbons (Fsp3) is 0.436. The van der Waals surface area contributed by atoms with Crippen LogP contribution in [0.2, 0.25) is 0 Å². The second-order valence-electron chi connectivity index (χ2n) is 13.5. The molecule has 1 aromatic heterocycles. The molecule has 0 bridgehead atoms. The molecule has 8 nitrogen and oxygen atoms in total. The molecule has 2 amide bonds. The van der Waals surface area contributed by atoms with Crippen molar-refractivity contribution >= 4 is 17.5 Å². The highest BCUT2D eigenvalue weighted by Crippen LogP contribution is 2.48. The maximum absolute atomic E-state index is 14.5. The predicted molar refractivity (Wildman–Crippen MR) is 183 cm³/mol. The van der Waals surface area contributed by atoms with Gasteiger partial charge in [0.1, 0.15) is 11.6 Å². The Balaban J connectivity index is 1.17. The lowest BCUT2D eigenvalue weighted by molar-refractivity contribution is -0.138. The molecule has 1 saturated heterocycles. The van der Waals surface area contributed by atoms with Gasteiger partial charge in [-0.3, -0.25) is 14.5 Å². The van der Waals surface area contributed by atoms with Gasteiger partial charge in [-0.2, -0.15) is 13.2 Å². The van der Waals surface area contributed by atoms with Crippen molar-refractivity contribution in [1.82, 2.24) is 25.0 Å². The van der Waals surface area contributed by atoms with Crippen LogP contribution >= 0.6 is 0 Å². The van der Waals surface area contributed by atoms with Crippen molar-refractivity contribution in [2.75, 3.05) is 18.0 Å². The molecule has 11 heteroatoms. The average Bonchev–Trinajstić information content (AvgIpc) is 3.57. The Labute approximate surface area is 290 Å². The smallest absolute Gasteiger partial charge is 0.341 e. The Hall–Kier alpha value is -5.05. The molecule has 2 aliphatic heterocycles. The van der Waals surface area contributed by atoms with Gasteiger partial charge in [-0.05, 0) is 85.4 Å². The largest absolute Gasteiger partial charge is 0.416 e. The van der Waals surface area contributed by atoms with Gasteiger partial charge in [-0.1, -0.05) is 18.1 Å². The molecule has 50 heavy (non-hydrogen) atoms. The second-order valence-corrected chi connectivity index (χ2v) is 13.5.